The van der Waals surface area contributed by atoms with Crippen molar-refractivity contribution in [1.29, 1.82) is 0 Å². The zero-order valence-electron chi connectivity index (χ0n) is 12.0. The molecule has 0 saturated heterocycles. The van der Waals surface area contributed by atoms with E-state index < -0.39 is 0 Å². The average molecular weight is 290 g/mol. The minimum absolute atomic E-state index is 0.0582. The van der Waals surface area contributed by atoms with Crippen LogP contribution in [0.5, 0.6) is 0 Å². The van der Waals surface area contributed by atoms with Crippen molar-refractivity contribution in [2.75, 3.05) is 5.75 Å². The fourth-order valence-electron chi connectivity index (χ4n) is 2.07. The van der Waals surface area contributed by atoms with Gasteiger partial charge in [0.15, 0.2) is 0 Å². The van der Waals surface area contributed by atoms with Gasteiger partial charge in [-0.2, -0.15) is 0 Å². The Labute approximate surface area is 124 Å². The van der Waals surface area contributed by atoms with Crippen LogP contribution in [0.2, 0.25) is 0 Å². The predicted octanol–water partition coefficient (Wildman–Crippen LogP) is 2.90. The summed E-state index contributed by atoms with van der Waals surface area (Å²) in [6.45, 7) is 5.23. The lowest BCUT2D eigenvalue weighted by Gasteiger charge is -2.17. The molecule has 0 aliphatic rings. The van der Waals surface area contributed by atoms with Gasteiger partial charge in [0.25, 0.3) is 0 Å². The summed E-state index contributed by atoms with van der Waals surface area (Å²) in [5.41, 5.74) is 4.16. The maximum atomic E-state index is 5.70. The van der Waals surface area contributed by atoms with Gasteiger partial charge in [-0.25, -0.2) is 10.4 Å². The zero-order chi connectivity index (χ0) is 14.4. The molecule has 2 rings (SSSR count). The molecular formula is C15H22N4S. The van der Waals surface area contributed by atoms with Gasteiger partial charge in [0.05, 0.1) is 6.04 Å². The van der Waals surface area contributed by atoms with Gasteiger partial charge < -0.3 is 4.57 Å². The van der Waals surface area contributed by atoms with Gasteiger partial charge in [-0.1, -0.05) is 24.6 Å². The van der Waals surface area contributed by atoms with Gasteiger partial charge in [0.2, 0.25) is 0 Å². The van der Waals surface area contributed by atoms with Crippen molar-refractivity contribution in [2.24, 2.45) is 5.84 Å². The molecule has 1 heterocycles. The monoisotopic (exact) mass is 290 g/mol. The van der Waals surface area contributed by atoms with E-state index in [-0.39, 0.29) is 6.04 Å². The van der Waals surface area contributed by atoms with Crippen molar-refractivity contribution < 1.29 is 0 Å². The molecule has 0 aliphatic carbocycles. The molecule has 0 fully saturated rings. The second-order valence-electron chi connectivity index (χ2n) is 4.82. The molecule has 0 radical (unpaired) electrons. The van der Waals surface area contributed by atoms with Crippen LogP contribution in [0.4, 0.5) is 0 Å². The second-order valence-corrected chi connectivity index (χ2v) is 5.92. The van der Waals surface area contributed by atoms with Crippen LogP contribution in [-0.4, -0.2) is 15.3 Å². The summed E-state index contributed by atoms with van der Waals surface area (Å²) < 4.78 is 2.17. The third kappa shape index (κ3) is 3.85. The van der Waals surface area contributed by atoms with Crippen LogP contribution < -0.4 is 11.3 Å². The predicted molar refractivity (Wildman–Crippen MR) is 84.5 cm³/mol. The van der Waals surface area contributed by atoms with Gasteiger partial charge in [0, 0.05) is 29.6 Å². The van der Waals surface area contributed by atoms with Crippen molar-refractivity contribution in [2.45, 2.75) is 37.8 Å². The standard InChI is InChI=1S/C15H22N4S/c1-3-9-19-10-8-17-15(19)14(18-16)11-20-13-6-4-12(2)5-7-13/h4-8,10,14,18H,3,9,11,16H2,1-2H3. The summed E-state index contributed by atoms with van der Waals surface area (Å²) in [4.78, 5) is 5.69. The maximum Gasteiger partial charge on any atom is 0.128 e. The number of aromatic nitrogens is 2. The number of imidazole rings is 1. The van der Waals surface area contributed by atoms with E-state index in [1.165, 1.54) is 10.5 Å². The van der Waals surface area contributed by atoms with Crippen molar-refractivity contribution in [3.63, 3.8) is 0 Å². The van der Waals surface area contributed by atoms with E-state index in [2.05, 4.69) is 53.1 Å². The SMILES string of the molecule is CCCn1ccnc1C(CSc1ccc(C)cc1)NN. The number of hydrogen-bond donors (Lipinski definition) is 2. The number of thioether (sulfide) groups is 1. The molecule has 1 aromatic carbocycles. The molecule has 0 aliphatic heterocycles. The zero-order valence-corrected chi connectivity index (χ0v) is 12.9. The lowest BCUT2D eigenvalue weighted by atomic mass is 10.2. The van der Waals surface area contributed by atoms with Crippen molar-refractivity contribution in [3.8, 4) is 0 Å². The lowest BCUT2D eigenvalue weighted by molar-refractivity contribution is 0.528. The summed E-state index contributed by atoms with van der Waals surface area (Å²) in [7, 11) is 0. The van der Waals surface area contributed by atoms with Crippen LogP contribution in [0, 0.1) is 6.92 Å². The highest BCUT2D eigenvalue weighted by atomic mass is 32.2. The van der Waals surface area contributed by atoms with E-state index in [4.69, 9.17) is 5.84 Å². The van der Waals surface area contributed by atoms with Crippen molar-refractivity contribution in [3.05, 3.63) is 48.0 Å². The van der Waals surface area contributed by atoms with Crippen LogP contribution in [0.15, 0.2) is 41.6 Å². The average Bonchev–Trinajstić information content (AvgIpc) is 2.90. The number of nitrogens with zero attached hydrogens (tertiary/aromatic N) is 2. The van der Waals surface area contributed by atoms with Crippen LogP contribution in [0.3, 0.4) is 0 Å². The molecule has 0 amide bonds. The van der Waals surface area contributed by atoms with Gasteiger partial charge in [-0.15, -0.1) is 11.8 Å². The maximum absolute atomic E-state index is 5.70. The summed E-state index contributed by atoms with van der Waals surface area (Å²) in [6.07, 6.45) is 4.94. The normalized spacial score (nSPS) is 12.6. The highest BCUT2D eigenvalue weighted by molar-refractivity contribution is 7.99. The Hall–Kier alpha value is -1.30. The summed E-state index contributed by atoms with van der Waals surface area (Å²) in [5, 5.41) is 0. The lowest BCUT2D eigenvalue weighted by Crippen LogP contribution is -2.32. The molecule has 1 atom stereocenters. The molecule has 0 saturated carbocycles. The number of hydrogen-bond acceptors (Lipinski definition) is 4. The number of nitrogens with one attached hydrogen (secondary N) is 1. The Morgan fingerprint density at radius 3 is 2.75 bits per heavy atom. The van der Waals surface area contributed by atoms with Crippen LogP contribution in [0.25, 0.3) is 0 Å². The second kappa shape index (κ2) is 7.47. The van der Waals surface area contributed by atoms with E-state index in [0.29, 0.717) is 0 Å². The highest BCUT2D eigenvalue weighted by Gasteiger charge is 2.15. The number of hydrazine groups is 1. The highest BCUT2D eigenvalue weighted by Crippen LogP contribution is 2.24. The summed E-state index contributed by atoms with van der Waals surface area (Å²) >= 11 is 1.79. The fraction of sp³-hybridized carbons (Fsp3) is 0.400. The minimum Gasteiger partial charge on any atom is -0.334 e. The molecule has 4 nitrogen and oxygen atoms in total. The Kier molecular flexibility index (Phi) is 5.64. The quantitative estimate of drug-likeness (QED) is 0.468. The van der Waals surface area contributed by atoms with Crippen molar-refractivity contribution in [1.82, 2.24) is 15.0 Å². The first-order valence-electron chi connectivity index (χ1n) is 6.91. The van der Waals surface area contributed by atoms with Crippen LogP contribution in [0.1, 0.15) is 30.8 Å². The topological polar surface area (TPSA) is 55.9 Å². The van der Waals surface area contributed by atoms with Gasteiger partial charge >= 0.3 is 0 Å². The number of benzene rings is 1. The Bertz CT molecular complexity index is 521. The summed E-state index contributed by atoms with van der Waals surface area (Å²) in [6, 6.07) is 8.61. The van der Waals surface area contributed by atoms with Gasteiger partial charge in [-0.3, -0.25) is 5.84 Å². The smallest absolute Gasteiger partial charge is 0.128 e. The van der Waals surface area contributed by atoms with Crippen LogP contribution >= 0.6 is 11.8 Å². The molecule has 1 aromatic heterocycles. The van der Waals surface area contributed by atoms with E-state index in [0.717, 1.165) is 24.5 Å². The largest absolute Gasteiger partial charge is 0.334 e. The molecule has 108 valence electrons. The van der Waals surface area contributed by atoms with E-state index in [9.17, 15) is 0 Å². The van der Waals surface area contributed by atoms with Crippen LogP contribution in [-0.2, 0) is 6.54 Å². The number of aryl methyl sites for hydroxylation is 2. The fourth-order valence-corrected chi connectivity index (χ4v) is 3.01. The molecular weight excluding hydrogens is 268 g/mol. The molecule has 3 N–H and O–H groups in total. The molecule has 1 unspecified atom stereocenters. The van der Waals surface area contributed by atoms with E-state index in [1.807, 2.05) is 12.4 Å². The summed E-state index contributed by atoms with van der Waals surface area (Å²) in [5.74, 6) is 7.57. The Balaban J connectivity index is 2.01. The first-order valence-corrected chi connectivity index (χ1v) is 7.89. The van der Waals surface area contributed by atoms with E-state index in [1.54, 1.807) is 11.8 Å². The first kappa shape index (κ1) is 15.1. The Morgan fingerprint density at radius 1 is 1.35 bits per heavy atom. The number of rotatable bonds is 7. The first-order chi connectivity index (χ1) is 9.74. The third-order valence-corrected chi connectivity index (χ3v) is 4.27. The minimum atomic E-state index is 0.0582. The molecule has 0 spiro atoms. The molecule has 20 heavy (non-hydrogen) atoms. The Morgan fingerprint density at radius 2 is 2.10 bits per heavy atom. The molecule has 0 bridgehead atoms. The number of nitrogens with two attached hydrogens (primary N) is 1. The molecule has 2 aromatic rings. The van der Waals surface area contributed by atoms with Gasteiger partial charge in [-0.05, 0) is 25.5 Å². The van der Waals surface area contributed by atoms with E-state index >= 15 is 0 Å². The van der Waals surface area contributed by atoms with Gasteiger partial charge in [0.1, 0.15) is 5.82 Å². The van der Waals surface area contributed by atoms with Crippen molar-refractivity contribution >= 4 is 11.8 Å². The molecule has 5 heteroatoms. The third-order valence-electron chi connectivity index (χ3n) is 3.16.